The molecule has 5 heteroatoms. The maximum atomic E-state index is 5.42. The van der Waals surface area contributed by atoms with Crippen LogP contribution in [-0.4, -0.2) is 62.4 Å². The number of pyridine rings is 1. The van der Waals surface area contributed by atoms with Crippen LogP contribution >= 0.6 is 0 Å². The van der Waals surface area contributed by atoms with E-state index in [1.807, 2.05) is 18.2 Å². The first-order chi connectivity index (χ1) is 10.8. The molecule has 3 heterocycles. The molecular formula is C17H21N3O2. The number of nitrogens with zero attached hydrogens (tertiary/aromatic N) is 3. The summed E-state index contributed by atoms with van der Waals surface area (Å²) in [6.07, 6.45) is 0. The van der Waals surface area contributed by atoms with Crippen LogP contribution in [0.2, 0.25) is 0 Å². The first-order valence-corrected chi connectivity index (χ1v) is 7.85. The predicted octanol–water partition coefficient (Wildman–Crippen LogP) is 1.76. The van der Waals surface area contributed by atoms with Gasteiger partial charge in [0, 0.05) is 37.6 Å². The summed E-state index contributed by atoms with van der Waals surface area (Å²) in [7, 11) is 1.69. The van der Waals surface area contributed by atoms with E-state index in [9.17, 15) is 0 Å². The second-order valence-electron chi connectivity index (χ2n) is 5.94. The second kappa shape index (κ2) is 5.74. The van der Waals surface area contributed by atoms with Crippen molar-refractivity contribution in [1.82, 2.24) is 9.88 Å². The molecule has 0 radical (unpaired) electrons. The van der Waals surface area contributed by atoms with Gasteiger partial charge in [0.2, 0.25) is 0 Å². The van der Waals surface area contributed by atoms with E-state index in [1.54, 1.807) is 7.11 Å². The van der Waals surface area contributed by atoms with Crippen molar-refractivity contribution in [3.8, 4) is 5.75 Å². The molecule has 0 atom stereocenters. The average Bonchev–Trinajstić information content (AvgIpc) is 2.54. The van der Waals surface area contributed by atoms with E-state index in [0.29, 0.717) is 6.04 Å². The molecule has 2 saturated heterocycles. The third-order valence-corrected chi connectivity index (χ3v) is 4.63. The number of anilines is 1. The number of methoxy groups -OCH3 is 1. The van der Waals surface area contributed by atoms with Crippen molar-refractivity contribution in [1.29, 1.82) is 0 Å². The summed E-state index contributed by atoms with van der Waals surface area (Å²) in [4.78, 5) is 9.66. The second-order valence-corrected chi connectivity index (χ2v) is 5.94. The Morgan fingerprint density at radius 3 is 2.73 bits per heavy atom. The van der Waals surface area contributed by atoms with Gasteiger partial charge in [0.15, 0.2) is 0 Å². The van der Waals surface area contributed by atoms with Gasteiger partial charge in [0.25, 0.3) is 0 Å². The number of ether oxygens (including phenoxy) is 2. The number of hydrogen-bond donors (Lipinski definition) is 0. The highest BCUT2D eigenvalue weighted by Crippen LogP contribution is 2.26. The average molecular weight is 299 g/mol. The minimum Gasteiger partial charge on any atom is -0.497 e. The molecule has 0 spiro atoms. The van der Waals surface area contributed by atoms with Crippen LogP contribution in [0.25, 0.3) is 10.9 Å². The van der Waals surface area contributed by atoms with E-state index >= 15 is 0 Å². The van der Waals surface area contributed by atoms with E-state index in [-0.39, 0.29) is 0 Å². The minimum atomic E-state index is 0.650. The molecule has 4 rings (SSSR count). The number of benzene rings is 1. The van der Waals surface area contributed by atoms with Crippen LogP contribution in [0.5, 0.6) is 5.75 Å². The van der Waals surface area contributed by atoms with Gasteiger partial charge in [-0.3, -0.25) is 4.90 Å². The fourth-order valence-corrected chi connectivity index (χ4v) is 3.21. The highest BCUT2D eigenvalue weighted by molar-refractivity contribution is 5.82. The molecule has 2 aromatic rings. The fourth-order valence-electron chi connectivity index (χ4n) is 3.21. The molecule has 22 heavy (non-hydrogen) atoms. The molecule has 116 valence electrons. The summed E-state index contributed by atoms with van der Waals surface area (Å²) in [5.74, 6) is 1.94. The van der Waals surface area contributed by atoms with Crippen LogP contribution in [-0.2, 0) is 4.74 Å². The molecule has 0 aliphatic carbocycles. The van der Waals surface area contributed by atoms with Crippen molar-refractivity contribution in [2.75, 3.05) is 51.4 Å². The van der Waals surface area contributed by atoms with Crippen molar-refractivity contribution in [2.24, 2.45) is 0 Å². The SMILES string of the molecule is COc1ccc2nc(N3CC(N4CCOCC4)C3)ccc2c1. The van der Waals surface area contributed by atoms with Crippen molar-refractivity contribution in [3.05, 3.63) is 30.3 Å². The number of aromatic nitrogens is 1. The lowest BCUT2D eigenvalue weighted by atomic mass is 10.1. The zero-order chi connectivity index (χ0) is 14.9. The number of rotatable bonds is 3. The van der Waals surface area contributed by atoms with Crippen LogP contribution in [0.4, 0.5) is 5.82 Å². The van der Waals surface area contributed by atoms with Gasteiger partial charge in [-0.05, 0) is 30.3 Å². The normalized spacial score (nSPS) is 20.1. The molecular weight excluding hydrogens is 278 g/mol. The first-order valence-electron chi connectivity index (χ1n) is 7.85. The summed E-state index contributed by atoms with van der Waals surface area (Å²) < 4.78 is 10.7. The quantitative estimate of drug-likeness (QED) is 0.863. The monoisotopic (exact) mass is 299 g/mol. The molecule has 0 N–H and O–H groups in total. The lowest BCUT2D eigenvalue weighted by Crippen LogP contribution is -2.61. The number of fused-ring (bicyclic) bond motifs is 1. The predicted molar refractivity (Wildman–Crippen MR) is 86.7 cm³/mol. The highest BCUT2D eigenvalue weighted by Gasteiger charge is 2.33. The maximum Gasteiger partial charge on any atom is 0.129 e. The van der Waals surface area contributed by atoms with Crippen LogP contribution in [0.1, 0.15) is 0 Å². The summed E-state index contributed by atoms with van der Waals surface area (Å²) in [5.41, 5.74) is 1.02. The largest absolute Gasteiger partial charge is 0.497 e. The summed E-state index contributed by atoms with van der Waals surface area (Å²) in [6, 6.07) is 10.9. The Morgan fingerprint density at radius 1 is 1.14 bits per heavy atom. The van der Waals surface area contributed by atoms with Gasteiger partial charge in [-0.15, -0.1) is 0 Å². The summed E-state index contributed by atoms with van der Waals surface area (Å²) >= 11 is 0. The number of morpholine rings is 1. The van der Waals surface area contributed by atoms with Crippen molar-refractivity contribution < 1.29 is 9.47 Å². The molecule has 1 aromatic carbocycles. The molecule has 0 saturated carbocycles. The molecule has 0 bridgehead atoms. The molecule has 0 amide bonds. The Kier molecular flexibility index (Phi) is 3.60. The Balaban J connectivity index is 1.46. The summed E-state index contributed by atoms with van der Waals surface area (Å²) in [6.45, 7) is 5.98. The standard InChI is InChI=1S/C17H21N3O2/c1-21-15-3-4-16-13(10-15)2-5-17(18-16)20-11-14(12-20)19-6-8-22-9-7-19/h2-5,10,14H,6-9,11-12H2,1H3. The molecule has 0 unspecified atom stereocenters. The zero-order valence-electron chi connectivity index (χ0n) is 12.9. The zero-order valence-corrected chi connectivity index (χ0v) is 12.9. The molecule has 2 aliphatic heterocycles. The maximum absolute atomic E-state index is 5.42. The van der Waals surface area contributed by atoms with E-state index in [1.165, 1.54) is 0 Å². The fraction of sp³-hybridized carbons (Fsp3) is 0.471. The van der Waals surface area contributed by atoms with Crippen LogP contribution in [0.15, 0.2) is 30.3 Å². The Hall–Kier alpha value is -1.85. The smallest absolute Gasteiger partial charge is 0.129 e. The third kappa shape index (κ3) is 2.51. The van der Waals surface area contributed by atoms with Gasteiger partial charge >= 0.3 is 0 Å². The van der Waals surface area contributed by atoms with Gasteiger partial charge in [0.05, 0.1) is 25.8 Å². The Morgan fingerprint density at radius 2 is 1.95 bits per heavy atom. The van der Waals surface area contributed by atoms with Crippen LogP contribution in [0.3, 0.4) is 0 Å². The number of hydrogen-bond acceptors (Lipinski definition) is 5. The van der Waals surface area contributed by atoms with Gasteiger partial charge in [0.1, 0.15) is 11.6 Å². The molecule has 2 aliphatic rings. The topological polar surface area (TPSA) is 37.8 Å². The van der Waals surface area contributed by atoms with Crippen LogP contribution in [0, 0.1) is 0 Å². The molecule has 1 aromatic heterocycles. The molecule has 2 fully saturated rings. The summed E-state index contributed by atoms with van der Waals surface area (Å²) in [5, 5.41) is 1.12. The first kappa shape index (κ1) is 13.8. The minimum absolute atomic E-state index is 0.650. The Bertz CT molecular complexity index is 664. The van der Waals surface area contributed by atoms with E-state index < -0.39 is 0 Å². The van der Waals surface area contributed by atoms with Gasteiger partial charge in [-0.25, -0.2) is 4.98 Å². The van der Waals surface area contributed by atoms with Crippen molar-refractivity contribution in [2.45, 2.75) is 6.04 Å². The lowest BCUT2D eigenvalue weighted by molar-refractivity contribution is 0.0104. The van der Waals surface area contributed by atoms with E-state index in [2.05, 4.69) is 21.9 Å². The lowest BCUT2D eigenvalue weighted by Gasteiger charge is -2.47. The van der Waals surface area contributed by atoms with Gasteiger partial charge in [-0.2, -0.15) is 0 Å². The third-order valence-electron chi connectivity index (χ3n) is 4.63. The Labute approximate surface area is 130 Å². The highest BCUT2D eigenvalue weighted by atomic mass is 16.5. The van der Waals surface area contributed by atoms with Gasteiger partial charge < -0.3 is 14.4 Å². The van der Waals surface area contributed by atoms with Crippen LogP contribution < -0.4 is 9.64 Å². The van der Waals surface area contributed by atoms with Gasteiger partial charge in [-0.1, -0.05) is 0 Å². The van der Waals surface area contributed by atoms with Crippen molar-refractivity contribution >= 4 is 16.7 Å². The van der Waals surface area contributed by atoms with Crippen molar-refractivity contribution in [3.63, 3.8) is 0 Å². The molecule has 5 nitrogen and oxygen atoms in total. The van der Waals surface area contributed by atoms with E-state index in [4.69, 9.17) is 14.5 Å². The van der Waals surface area contributed by atoms with E-state index in [0.717, 1.165) is 61.9 Å².